The average Bonchev–Trinajstić information content (AvgIpc) is 3.33. The molecular weight excluding hydrogens is 478 g/mol. The third kappa shape index (κ3) is 7.58. The van der Waals surface area contributed by atoms with Crippen molar-refractivity contribution in [3.63, 3.8) is 0 Å². The molecular formula is C30H41N5O3. The Labute approximate surface area is 225 Å². The molecule has 0 radical (unpaired) electrons. The second-order valence-electron chi connectivity index (χ2n) is 10.3. The summed E-state index contributed by atoms with van der Waals surface area (Å²) >= 11 is 0. The number of fused-ring (bicyclic) bond motifs is 1. The van der Waals surface area contributed by atoms with Crippen LogP contribution in [0, 0.1) is 0 Å². The fourth-order valence-electron chi connectivity index (χ4n) is 5.14. The first-order valence-electron chi connectivity index (χ1n) is 13.6. The molecule has 1 aliphatic heterocycles. The molecule has 2 amide bonds. The van der Waals surface area contributed by atoms with E-state index in [1.807, 2.05) is 48.7 Å². The number of para-hydroxylation sites is 2. The molecule has 8 nitrogen and oxygen atoms in total. The predicted octanol–water partition coefficient (Wildman–Crippen LogP) is 2.98. The molecule has 204 valence electrons. The summed E-state index contributed by atoms with van der Waals surface area (Å²) in [6, 6.07) is 16.2. The SMILES string of the molecule is COc1ccccc1CCC(=O)NCC(Cc1c[nH]c2ccccc12)NC(=O)CN1CCN(C(C)C)CC1. The Balaban J connectivity index is 1.35. The normalized spacial score (nSPS) is 15.5. The van der Waals surface area contributed by atoms with Crippen LogP contribution in [0.3, 0.4) is 0 Å². The van der Waals surface area contributed by atoms with Crippen LogP contribution in [0.5, 0.6) is 5.75 Å². The molecule has 2 aromatic carbocycles. The number of ether oxygens (including phenoxy) is 1. The molecule has 3 N–H and O–H groups in total. The van der Waals surface area contributed by atoms with Gasteiger partial charge in [0.25, 0.3) is 0 Å². The van der Waals surface area contributed by atoms with E-state index in [1.54, 1.807) is 7.11 Å². The van der Waals surface area contributed by atoms with Crippen LogP contribution in [-0.2, 0) is 22.4 Å². The summed E-state index contributed by atoms with van der Waals surface area (Å²) < 4.78 is 5.40. The summed E-state index contributed by atoms with van der Waals surface area (Å²) in [5, 5.41) is 7.40. The number of amides is 2. The maximum Gasteiger partial charge on any atom is 0.234 e. The van der Waals surface area contributed by atoms with Crippen molar-refractivity contribution < 1.29 is 14.3 Å². The maximum atomic E-state index is 13.1. The van der Waals surface area contributed by atoms with Gasteiger partial charge >= 0.3 is 0 Å². The smallest absolute Gasteiger partial charge is 0.234 e. The molecule has 0 bridgehead atoms. The summed E-state index contributed by atoms with van der Waals surface area (Å²) in [6.07, 6.45) is 3.58. The standard InChI is InChI=1S/C30H41N5O3/c1-22(2)35-16-14-34(15-17-35)21-30(37)33-25(18-24-19-31-27-10-6-5-9-26(24)27)20-32-29(36)13-12-23-8-4-7-11-28(23)38-3/h4-11,19,22,25,31H,12-18,20-21H2,1-3H3,(H,32,36)(H,33,37). The van der Waals surface area contributed by atoms with Gasteiger partial charge in [0.15, 0.2) is 0 Å². The highest BCUT2D eigenvalue weighted by molar-refractivity contribution is 5.83. The van der Waals surface area contributed by atoms with E-state index in [9.17, 15) is 9.59 Å². The Morgan fingerprint density at radius 1 is 0.974 bits per heavy atom. The van der Waals surface area contributed by atoms with Crippen molar-refractivity contribution in [3.8, 4) is 5.75 Å². The molecule has 1 unspecified atom stereocenters. The van der Waals surface area contributed by atoms with Gasteiger partial charge in [0.1, 0.15) is 5.75 Å². The van der Waals surface area contributed by atoms with Crippen molar-refractivity contribution in [2.75, 3.05) is 46.4 Å². The molecule has 0 spiro atoms. The van der Waals surface area contributed by atoms with E-state index in [0.29, 0.717) is 38.4 Å². The molecule has 2 heterocycles. The summed E-state index contributed by atoms with van der Waals surface area (Å²) in [4.78, 5) is 33.8. The number of rotatable bonds is 12. The van der Waals surface area contributed by atoms with Gasteiger partial charge in [-0.25, -0.2) is 0 Å². The highest BCUT2D eigenvalue weighted by Gasteiger charge is 2.22. The van der Waals surface area contributed by atoms with Gasteiger partial charge in [-0.2, -0.15) is 0 Å². The maximum absolute atomic E-state index is 13.1. The molecule has 8 heteroatoms. The quantitative estimate of drug-likeness (QED) is 0.342. The van der Waals surface area contributed by atoms with Gasteiger partial charge < -0.3 is 20.4 Å². The fraction of sp³-hybridized carbons (Fsp3) is 0.467. The van der Waals surface area contributed by atoms with Gasteiger partial charge in [0, 0.05) is 62.3 Å². The molecule has 0 aliphatic carbocycles. The van der Waals surface area contributed by atoms with Crippen molar-refractivity contribution in [3.05, 3.63) is 65.9 Å². The second-order valence-corrected chi connectivity index (χ2v) is 10.3. The topological polar surface area (TPSA) is 89.7 Å². The van der Waals surface area contributed by atoms with Crippen LogP contribution in [0.2, 0.25) is 0 Å². The first kappa shape index (κ1) is 27.7. The largest absolute Gasteiger partial charge is 0.496 e. The molecule has 1 fully saturated rings. The number of nitrogens with zero attached hydrogens (tertiary/aromatic N) is 2. The van der Waals surface area contributed by atoms with Crippen LogP contribution < -0.4 is 15.4 Å². The minimum Gasteiger partial charge on any atom is -0.496 e. The Morgan fingerprint density at radius 2 is 1.71 bits per heavy atom. The van der Waals surface area contributed by atoms with E-state index in [2.05, 4.69) is 45.3 Å². The number of carbonyl (C=O) groups excluding carboxylic acids is 2. The van der Waals surface area contributed by atoms with Crippen LogP contribution in [0.1, 0.15) is 31.4 Å². The lowest BCUT2D eigenvalue weighted by molar-refractivity contribution is -0.124. The van der Waals surface area contributed by atoms with E-state index in [1.165, 1.54) is 0 Å². The number of aryl methyl sites for hydroxylation is 1. The first-order chi connectivity index (χ1) is 18.4. The lowest BCUT2D eigenvalue weighted by Gasteiger charge is -2.36. The number of aromatic nitrogens is 1. The predicted molar refractivity (Wildman–Crippen MR) is 151 cm³/mol. The number of nitrogens with one attached hydrogen (secondary N) is 3. The van der Waals surface area contributed by atoms with Crippen LogP contribution >= 0.6 is 0 Å². The van der Waals surface area contributed by atoms with Crippen molar-refractivity contribution in [2.45, 2.75) is 45.2 Å². The zero-order chi connectivity index (χ0) is 26.9. The minimum atomic E-state index is -0.214. The van der Waals surface area contributed by atoms with Crippen LogP contribution in [0.15, 0.2) is 54.7 Å². The summed E-state index contributed by atoms with van der Waals surface area (Å²) in [7, 11) is 1.64. The third-order valence-electron chi connectivity index (χ3n) is 7.37. The molecule has 3 aromatic rings. The number of hydrogen-bond donors (Lipinski definition) is 3. The molecule has 1 aliphatic rings. The van der Waals surface area contributed by atoms with Crippen molar-refractivity contribution in [2.24, 2.45) is 0 Å². The Hall–Kier alpha value is -3.36. The Morgan fingerprint density at radius 3 is 2.47 bits per heavy atom. The average molecular weight is 520 g/mol. The van der Waals surface area contributed by atoms with Crippen LogP contribution in [-0.4, -0.2) is 85.1 Å². The number of hydrogen-bond acceptors (Lipinski definition) is 5. The summed E-state index contributed by atoms with van der Waals surface area (Å²) in [6.45, 7) is 8.90. The zero-order valence-corrected chi connectivity index (χ0v) is 22.8. The van der Waals surface area contributed by atoms with Gasteiger partial charge in [0.05, 0.1) is 19.7 Å². The van der Waals surface area contributed by atoms with E-state index in [0.717, 1.165) is 54.0 Å². The zero-order valence-electron chi connectivity index (χ0n) is 22.8. The fourth-order valence-corrected chi connectivity index (χ4v) is 5.14. The number of H-pyrrole nitrogens is 1. The number of methoxy groups -OCH3 is 1. The molecule has 1 aromatic heterocycles. The minimum absolute atomic E-state index is 0.00360. The van der Waals surface area contributed by atoms with Gasteiger partial charge in [-0.1, -0.05) is 36.4 Å². The van der Waals surface area contributed by atoms with Gasteiger partial charge in [-0.15, -0.1) is 0 Å². The first-order valence-corrected chi connectivity index (χ1v) is 13.6. The monoisotopic (exact) mass is 519 g/mol. The summed E-state index contributed by atoms with van der Waals surface area (Å²) in [5.74, 6) is 0.744. The number of aromatic amines is 1. The van der Waals surface area contributed by atoms with Gasteiger partial charge in [0.2, 0.25) is 11.8 Å². The highest BCUT2D eigenvalue weighted by atomic mass is 16.5. The number of carbonyl (C=O) groups is 2. The molecule has 0 saturated carbocycles. The number of piperazine rings is 1. The van der Waals surface area contributed by atoms with Crippen molar-refractivity contribution in [1.82, 2.24) is 25.4 Å². The van der Waals surface area contributed by atoms with E-state index in [-0.39, 0.29) is 17.9 Å². The highest BCUT2D eigenvalue weighted by Crippen LogP contribution is 2.20. The lowest BCUT2D eigenvalue weighted by Crippen LogP contribution is -2.53. The molecule has 38 heavy (non-hydrogen) atoms. The molecule has 1 atom stereocenters. The van der Waals surface area contributed by atoms with Crippen molar-refractivity contribution in [1.29, 1.82) is 0 Å². The lowest BCUT2D eigenvalue weighted by atomic mass is 10.0. The number of benzene rings is 2. The van der Waals surface area contributed by atoms with Crippen LogP contribution in [0.4, 0.5) is 0 Å². The van der Waals surface area contributed by atoms with Crippen LogP contribution in [0.25, 0.3) is 10.9 Å². The van der Waals surface area contributed by atoms with E-state index in [4.69, 9.17) is 4.74 Å². The second kappa shape index (κ2) is 13.4. The molecule has 1 saturated heterocycles. The van der Waals surface area contributed by atoms with Gasteiger partial charge in [-0.05, 0) is 49.9 Å². The van der Waals surface area contributed by atoms with E-state index < -0.39 is 0 Å². The third-order valence-corrected chi connectivity index (χ3v) is 7.37. The summed E-state index contributed by atoms with van der Waals surface area (Å²) in [5.41, 5.74) is 3.20. The van der Waals surface area contributed by atoms with Crippen molar-refractivity contribution >= 4 is 22.7 Å². The Bertz CT molecular complexity index is 1200. The van der Waals surface area contributed by atoms with Gasteiger partial charge in [-0.3, -0.25) is 19.4 Å². The molecule has 4 rings (SSSR count). The van der Waals surface area contributed by atoms with E-state index >= 15 is 0 Å². The Kier molecular flexibility index (Phi) is 9.79.